The van der Waals surface area contributed by atoms with Gasteiger partial charge in [-0.05, 0) is 6.08 Å². The quantitative estimate of drug-likeness (QED) is 0.370. The number of halogens is 1. The number of hydrogen-bond acceptors (Lipinski definition) is 1. The van der Waals surface area contributed by atoms with Crippen molar-refractivity contribution in [3.63, 3.8) is 0 Å². The fourth-order valence-corrected chi connectivity index (χ4v) is 1.05. The van der Waals surface area contributed by atoms with E-state index in [1.807, 2.05) is 0 Å². The molecular formula is C10H23ClN2O2. The summed E-state index contributed by atoms with van der Waals surface area (Å²) >= 11 is 0. The van der Waals surface area contributed by atoms with Gasteiger partial charge in [0.25, 0.3) is 0 Å². The lowest BCUT2D eigenvalue weighted by Crippen LogP contribution is -3.00. The van der Waals surface area contributed by atoms with E-state index in [2.05, 4.69) is 27.7 Å². The van der Waals surface area contributed by atoms with Crippen molar-refractivity contribution in [3.8, 4) is 0 Å². The minimum absolute atomic E-state index is 0. The van der Waals surface area contributed by atoms with Crippen LogP contribution in [0.1, 0.15) is 6.42 Å². The van der Waals surface area contributed by atoms with Gasteiger partial charge in [0.1, 0.15) is 0 Å². The molecule has 4 nitrogen and oxygen atoms in total. The summed E-state index contributed by atoms with van der Waals surface area (Å²) in [6.45, 7) is 5.33. The minimum Gasteiger partial charge on any atom is -1.00 e. The zero-order valence-corrected chi connectivity index (χ0v) is 10.8. The Morgan fingerprint density at radius 1 is 1.40 bits per heavy atom. The zero-order valence-electron chi connectivity index (χ0n) is 10.1. The van der Waals surface area contributed by atoms with E-state index in [-0.39, 0.29) is 23.8 Å². The van der Waals surface area contributed by atoms with Gasteiger partial charge < -0.3 is 27.3 Å². The van der Waals surface area contributed by atoms with Crippen LogP contribution in [-0.4, -0.2) is 62.0 Å². The molecule has 0 aromatic heterocycles. The molecule has 0 radical (unpaired) electrons. The summed E-state index contributed by atoms with van der Waals surface area (Å²) in [4.78, 5) is 12.8. The highest BCUT2D eigenvalue weighted by atomic mass is 35.5. The monoisotopic (exact) mass is 238 g/mol. The maximum Gasteiger partial charge on any atom is 0.245 e. The standard InChI is InChI=1S/C10H21N2O.ClH.H2O/c1-6-10(13)11(2)8-7-9-12(3,4)5;;/h6H,1,7-9H2,2-5H3;1H;1H2/q+1;;/p-1. The Balaban J connectivity index is -0.000000720. The predicted octanol–water partition coefficient (Wildman–Crippen LogP) is -3.09. The van der Waals surface area contributed by atoms with Crippen molar-refractivity contribution in [2.24, 2.45) is 0 Å². The molecule has 0 rings (SSSR count). The average Bonchev–Trinajstić information content (AvgIpc) is 2.00. The van der Waals surface area contributed by atoms with E-state index in [9.17, 15) is 4.79 Å². The minimum atomic E-state index is 0. The van der Waals surface area contributed by atoms with Crippen LogP contribution < -0.4 is 12.4 Å². The maximum atomic E-state index is 11.1. The first-order valence-corrected chi connectivity index (χ1v) is 4.55. The number of quaternary nitrogens is 1. The Morgan fingerprint density at radius 3 is 2.20 bits per heavy atom. The molecule has 0 saturated carbocycles. The molecule has 0 heterocycles. The van der Waals surface area contributed by atoms with Gasteiger partial charge in [0.05, 0.1) is 27.7 Å². The molecule has 0 aromatic rings. The van der Waals surface area contributed by atoms with Crippen molar-refractivity contribution in [3.05, 3.63) is 12.7 Å². The van der Waals surface area contributed by atoms with Crippen LogP contribution in [0, 0.1) is 0 Å². The summed E-state index contributed by atoms with van der Waals surface area (Å²) < 4.78 is 0.941. The first kappa shape index (κ1) is 19.9. The van der Waals surface area contributed by atoms with E-state index in [1.54, 1.807) is 11.9 Å². The van der Waals surface area contributed by atoms with E-state index in [4.69, 9.17) is 0 Å². The maximum absolute atomic E-state index is 11.1. The summed E-state index contributed by atoms with van der Waals surface area (Å²) in [5.74, 6) is 0.00130. The third-order valence-corrected chi connectivity index (χ3v) is 1.87. The van der Waals surface area contributed by atoms with Gasteiger partial charge in [-0.1, -0.05) is 6.58 Å². The third-order valence-electron chi connectivity index (χ3n) is 1.87. The van der Waals surface area contributed by atoms with Crippen LogP contribution >= 0.6 is 0 Å². The number of nitrogens with zero attached hydrogens (tertiary/aromatic N) is 2. The van der Waals surface area contributed by atoms with Crippen molar-refractivity contribution in [2.75, 3.05) is 41.3 Å². The van der Waals surface area contributed by atoms with E-state index in [1.165, 1.54) is 6.08 Å². The van der Waals surface area contributed by atoms with Crippen LogP contribution in [0.4, 0.5) is 0 Å². The third kappa shape index (κ3) is 11.3. The highest BCUT2D eigenvalue weighted by Gasteiger charge is 2.08. The molecule has 1 amide bonds. The molecule has 0 bridgehead atoms. The van der Waals surface area contributed by atoms with Gasteiger partial charge in [-0.3, -0.25) is 4.79 Å². The second-order valence-corrected chi connectivity index (χ2v) is 4.33. The Labute approximate surface area is 98.9 Å². The van der Waals surface area contributed by atoms with E-state index in [0.29, 0.717) is 0 Å². The van der Waals surface area contributed by atoms with Crippen LogP contribution in [-0.2, 0) is 4.79 Å². The lowest BCUT2D eigenvalue weighted by atomic mass is 10.3. The van der Waals surface area contributed by atoms with Gasteiger partial charge >= 0.3 is 0 Å². The Morgan fingerprint density at radius 2 is 1.87 bits per heavy atom. The van der Waals surface area contributed by atoms with Gasteiger partial charge in [-0.15, -0.1) is 0 Å². The van der Waals surface area contributed by atoms with Crippen LogP contribution in [0.25, 0.3) is 0 Å². The van der Waals surface area contributed by atoms with Crippen molar-refractivity contribution in [1.82, 2.24) is 4.90 Å². The van der Waals surface area contributed by atoms with Gasteiger partial charge in [-0.25, -0.2) is 0 Å². The van der Waals surface area contributed by atoms with Crippen molar-refractivity contribution >= 4 is 5.91 Å². The molecule has 0 fully saturated rings. The molecule has 0 atom stereocenters. The topological polar surface area (TPSA) is 51.8 Å². The molecule has 0 saturated heterocycles. The average molecular weight is 239 g/mol. The molecule has 0 aromatic carbocycles. The van der Waals surface area contributed by atoms with Crippen molar-refractivity contribution in [1.29, 1.82) is 0 Å². The number of rotatable bonds is 5. The first-order chi connectivity index (χ1) is 5.87. The first-order valence-electron chi connectivity index (χ1n) is 4.55. The SMILES string of the molecule is C=CC(=O)N(C)CCC[N+](C)(C)C.O.[Cl-]. The number of amides is 1. The second kappa shape index (κ2) is 8.71. The Kier molecular flexibility index (Phi) is 11.6. The lowest BCUT2D eigenvalue weighted by Gasteiger charge is -2.25. The smallest absolute Gasteiger partial charge is 0.245 e. The molecule has 15 heavy (non-hydrogen) atoms. The number of carbonyl (C=O) groups is 1. The Bertz CT molecular complexity index is 190. The zero-order chi connectivity index (χ0) is 10.5. The van der Waals surface area contributed by atoms with Crippen molar-refractivity contribution < 1.29 is 27.2 Å². The van der Waals surface area contributed by atoms with Gasteiger partial charge in [-0.2, -0.15) is 0 Å². The molecule has 0 aliphatic heterocycles. The van der Waals surface area contributed by atoms with Gasteiger partial charge in [0.15, 0.2) is 0 Å². The molecule has 2 N–H and O–H groups in total. The summed E-state index contributed by atoms with van der Waals surface area (Å²) in [7, 11) is 8.25. The number of carbonyl (C=O) groups excluding carboxylic acids is 1. The molecule has 0 spiro atoms. The summed E-state index contributed by atoms with van der Waals surface area (Å²) in [6.07, 6.45) is 2.38. The van der Waals surface area contributed by atoms with E-state index in [0.717, 1.165) is 24.0 Å². The lowest BCUT2D eigenvalue weighted by molar-refractivity contribution is -0.870. The summed E-state index contributed by atoms with van der Waals surface area (Å²) in [6, 6.07) is 0. The normalized spacial score (nSPS) is 9.60. The summed E-state index contributed by atoms with van der Waals surface area (Å²) in [5, 5.41) is 0. The van der Waals surface area contributed by atoms with Crippen LogP contribution in [0.5, 0.6) is 0 Å². The highest BCUT2D eigenvalue weighted by Crippen LogP contribution is 1.96. The van der Waals surface area contributed by atoms with Crippen LogP contribution in [0.15, 0.2) is 12.7 Å². The highest BCUT2D eigenvalue weighted by molar-refractivity contribution is 5.86. The molecule has 0 unspecified atom stereocenters. The molecule has 5 heteroatoms. The Hall–Kier alpha value is -0.580. The fraction of sp³-hybridized carbons (Fsp3) is 0.700. The number of likely N-dealkylation sites (N-methyl/N-ethyl adjacent to an activating group) is 1. The molecule has 92 valence electrons. The van der Waals surface area contributed by atoms with Crippen LogP contribution in [0.2, 0.25) is 0 Å². The van der Waals surface area contributed by atoms with E-state index >= 15 is 0 Å². The second-order valence-electron chi connectivity index (χ2n) is 4.33. The van der Waals surface area contributed by atoms with Gasteiger partial charge in [0, 0.05) is 20.0 Å². The fourth-order valence-electron chi connectivity index (χ4n) is 1.05. The largest absolute Gasteiger partial charge is 1.00 e. The molecular weight excluding hydrogens is 216 g/mol. The van der Waals surface area contributed by atoms with Crippen LogP contribution in [0.3, 0.4) is 0 Å². The van der Waals surface area contributed by atoms with E-state index < -0.39 is 0 Å². The predicted molar refractivity (Wildman–Crippen MR) is 59.0 cm³/mol. The number of hydrogen-bond donors (Lipinski definition) is 0. The molecule has 0 aliphatic carbocycles. The molecule has 0 aliphatic rings. The summed E-state index contributed by atoms with van der Waals surface area (Å²) in [5.41, 5.74) is 0. The van der Waals surface area contributed by atoms with Crippen molar-refractivity contribution in [2.45, 2.75) is 6.42 Å². The van der Waals surface area contributed by atoms with Gasteiger partial charge in [0.2, 0.25) is 5.91 Å².